The highest BCUT2D eigenvalue weighted by atomic mass is 32.2. The van der Waals surface area contributed by atoms with Crippen LogP contribution in [-0.4, -0.2) is 135 Å². The molecule has 5 atom stereocenters. The molecule has 96 heavy (non-hydrogen) atoms. The number of hydrogen-bond donors (Lipinski definition) is 6. The van der Waals surface area contributed by atoms with Crippen molar-refractivity contribution in [2.24, 2.45) is 11.3 Å². The lowest BCUT2D eigenvalue weighted by atomic mass is 9.76. The molecule has 0 aliphatic heterocycles. The molecule has 0 bridgehead atoms. The lowest BCUT2D eigenvalue weighted by molar-refractivity contribution is -0.141. The second-order valence-corrected chi connectivity index (χ2v) is 30.1. The van der Waals surface area contributed by atoms with Gasteiger partial charge in [0.1, 0.15) is 42.0 Å². The van der Waals surface area contributed by atoms with Crippen LogP contribution >= 0.6 is 0 Å². The molecule has 0 aromatic heterocycles. The van der Waals surface area contributed by atoms with Gasteiger partial charge in [-0.15, -0.1) is 0 Å². The molecule has 518 valence electrons. The SMILES string of the molecule is C/C(=C\[C@H](C(C)C)N(C)C(=O)[C@@H](NC(=O)[C@@H](N(C)C(=O)OC(C)(C)C)C(C)(C)c1ccccc1)C(C)(C)C)C(=O)NS(=O)(=O)c1ccc(CNC(=O)[C@@H](CCCCNC(=O)OC(C)(C)C)NC(=O)[C@@H](Cc2ccccc2)NC(=O)OCC2c3ccccc3-c3ccccc32)cc1. The first-order valence-electron chi connectivity index (χ1n) is 32.5. The van der Waals surface area contributed by atoms with Crippen molar-refractivity contribution in [1.29, 1.82) is 0 Å². The van der Waals surface area contributed by atoms with Crippen molar-refractivity contribution in [3.05, 3.63) is 173 Å². The Labute approximate surface area is 566 Å². The van der Waals surface area contributed by atoms with Crippen molar-refractivity contribution < 1.29 is 61.0 Å². The van der Waals surface area contributed by atoms with Crippen LogP contribution < -0.4 is 31.3 Å². The summed E-state index contributed by atoms with van der Waals surface area (Å²) >= 11 is 0. The first-order valence-corrected chi connectivity index (χ1v) is 34.0. The summed E-state index contributed by atoms with van der Waals surface area (Å²) in [7, 11) is -1.47. The minimum atomic E-state index is -4.50. The Morgan fingerprint density at radius 2 is 1.14 bits per heavy atom. The van der Waals surface area contributed by atoms with Crippen LogP contribution in [0.3, 0.4) is 0 Å². The van der Waals surface area contributed by atoms with E-state index in [-0.39, 0.29) is 54.8 Å². The number of likely N-dealkylation sites (N-methyl/N-ethyl adjacent to an activating group) is 2. The van der Waals surface area contributed by atoms with Gasteiger partial charge in [0, 0.05) is 50.5 Å². The Kier molecular flexibility index (Phi) is 25.8. The van der Waals surface area contributed by atoms with Gasteiger partial charge in [0.2, 0.25) is 23.6 Å². The Bertz CT molecular complexity index is 3640. The number of nitrogens with zero attached hydrogens (tertiary/aromatic N) is 2. The normalized spacial score (nSPS) is 14.2. The number of fused-ring (bicyclic) bond motifs is 3. The molecule has 21 nitrogen and oxygen atoms in total. The van der Waals surface area contributed by atoms with Gasteiger partial charge in [0.15, 0.2) is 0 Å². The third-order valence-corrected chi connectivity index (χ3v) is 17.9. The number of alkyl carbamates (subject to hydrolysis) is 2. The van der Waals surface area contributed by atoms with Gasteiger partial charge in [-0.1, -0.05) is 176 Å². The van der Waals surface area contributed by atoms with Crippen LogP contribution in [0.5, 0.6) is 0 Å². The van der Waals surface area contributed by atoms with Gasteiger partial charge in [-0.05, 0) is 130 Å². The van der Waals surface area contributed by atoms with Crippen molar-refractivity contribution in [3.63, 3.8) is 0 Å². The maximum absolute atomic E-state index is 14.8. The van der Waals surface area contributed by atoms with Gasteiger partial charge >= 0.3 is 18.3 Å². The predicted octanol–water partition coefficient (Wildman–Crippen LogP) is 10.6. The monoisotopic (exact) mass is 1340 g/mol. The van der Waals surface area contributed by atoms with Crippen LogP contribution in [0.4, 0.5) is 14.4 Å². The van der Waals surface area contributed by atoms with E-state index in [1.807, 2.05) is 137 Å². The second kappa shape index (κ2) is 32.6. The number of carbonyl (C=O) groups excluding carboxylic acids is 8. The Morgan fingerprint density at radius 3 is 1.69 bits per heavy atom. The molecule has 5 aromatic rings. The fraction of sp³-hybridized carbons (Fsp3) is 0.459. The number of carbonyl (C=O) groups is 8. The number of unbranched alkanes of at least 4 members (excludes halogenated alkanes) is 1. The van der Waals surface area contributed by atoms with Gasteiger partial charge in [-0.25, -0.2) is 27.5 Å². The molecule has 5 aromatic carbocycles. The molecule has 0 saturated heterocycles. The third-order valence-electron chi connectivity index (χ3n) is 16.6. The van der Waals surface area contributed by atoms with E-state index < -0.39 is 110 Å². The summed E-state index contributed by atoms with van der Waals surface area (Å²) in [5.74, 6) is -3.86. The van der Waals surface area contributed by atoms with E-state index in [1.165, 1.54) is 54.1 Å². The second-order valence-electron chi connectivity index (χ2n) is 28.4. The van der Waals surface area contributed by atoms with Gasteiger partial charge in [0.05, 0.1) is 10.9 Å². The molecule has 1 aliphatic carbocycles. The van der Waals surface area contributed by atoms with Crippen LogP contribution in [0, 0.1) is 11.3 Å². The molecule has 22 heteroatoms. The van der Waals surface area contributed by atoms with Gasteiger partial charge in [-0.3, -0.25) is 28.9 Å². The molecule has 0 fully saturated rings. The van der Waals surface area contributed by atoms with Crippen LogP contribution in [-0.2, 0) is 66.6 Å². The highest BCUT2D eigenvalue weighted by Crippen LogP contribution is 2.44. The highest BCUT2D eigenvalue weighted by molar-refractivity contribution is 7.90. The number of nitrogens with one attached hydrogen (secondary N) is 6. The average molecular weight is 1340 g/mol. The van der Waals surface area contributed by atoms with Crippen molar-refractivity contribution >= 4 is 57.8 Å². The number of amides is 8. The fourth-order valence-corrected chi connectivity index (χ4v) is 12.5. The van der Waals surface area contributed by atoms with E-state index in [1.54, 1.807) is 69.4 Å². The molecular weight excluding hydrogens is 1240 g/mol. The average Bonchev–Trinajstić information content (AvgIpc) is 1.51. The minimum absolute atomic E-state index is 0.00374. The third kappa shape index (κ3) is 21.2. The Morgan fingerprint density at radius 1 is 0.583 bits per heavy atom. The van der Waals surface area contributed by atoms with Crippen LogP contribution in [0.1, 0.15) is 150 Å². The topological polar surface area (TPSA) is 277 Å². The Balaban J connectivity index is 1.13. The summed E-state index contributed by atoms with van der Waals surface area (Å²) < 4.78 is 46.8. The van der Waals surface area contributed by atoms with E-state index in [4.69, 9.17) is 14.2 Å². The molecule has 0 spiro atoms. The first-order chi connectivity index (χ1) is 44.9. The molecule has 0 heterocycles. The Hall–Kier alpha value is -9.05. The number of benzene rings is 5. The van der Waals surface area contributed by atoms with Gasteiger partial charge in [0.25, 0.3) is 15.9 Å². The van der Waals surface area contributed by atoms with E-state index in [2.05, 4.69) is 31.3 Å². The van der Waals surface area contributed by atoms with Crippen LogP contribution in [0.15, 0.2) is 150 Å². The molecule has 8 amide bonds. The molecule has 1 aliphatic rings. The number of ether oxygens (including phenoxy) is 3. The van der Waals surface area contributed by atoms with Gasteiger partial charge in [-0.2, -0.15) is 0 Å². The molecule has 0 radical (unpaired) electrons. The van der Waals surface area contributed by atoms with Crippen molar-refractivity contribution in [3.8, 4) is 11.1 Å². The standard InChI is InChI=1S/C74H98N8O13S/c1-47(2)60(81(15)67(87)61(71(4,5)6)79-66(86)62(82(16)70(90)95-73(10,11)12)74(13,14)51-31-21-18-22-32-51)43-48(3)63(83)80-96(91,92)52-40-38-50(39-41-52)45-76-64(84)58(37-27-28-42-75-68(88)94-72(7,8)9)77-65(85)59(44-49-29-19-17-20-30-49)78-69(89)93-46-57-55-35-25-23-33-53(55)54-34-24-26-36-56(54)57/h17-26,29-36,38-41,43,47,57-62H,27-28,37,42,44-46H2,1-16H3,(H,75,88)(H,76,84)(H,77,85)(H,78,89)(H,79,86)(H,80,83)/b48-43+/t58-,59-,60-,61-,62-/m1/s1. The zero-order valence-electron chi connectivity index (χ0n) is 58.4. The number of rotatable bonds is 27. The lowest BCUT2D eigenvalue weighted by Crippen LogP contribution is -2.63. The van der Waals surface area contributed by atoms with Crippen molar-refractivity contribution in [2.75, 3.05) is 27.2 Å². The highest BCUT2D eigenvalue weighted by Gasteiger charge is 2.46. The molecule has 6 N–H and O–H groups in total. The van der Waals surface area contributed by atoms with Crippen LogP contribution in [0.2, 0.25) is 0 Å². The first kappa shape index (κ1) is 76.0. The molecule has 6 rings (SSSR count). The number of sulfonamides is 1. The summed E-state index contributed by atoms with van der Waals surface area (Å²) in [6.45, 7) is 24.7. The minimum Gasteiger partial charge on any atom is -0.449 e. The smallest absolute Gasteiger partial charge is 0.410 e. The van der Waals surface area contributed by atoms with Crippen molar-refractivity contribution in [2.45, 2.75) is 187 Å². The summed E-state index contributed by atoms with van der Waals surface area (Å²) in [6.07, 6.45) is 0.287. The summed E-state index contributed by atoms with van der Waals surface area (Å²) in [5, 5.41) is 14.1. The number of hydrogen-bond acceptors (Lipinski definition) is 13. The summed E-state index contributed by atoms with van der Waals surface area (Å²) in [5.41, 5.74) is 2.63. The van der Waals surface area contributed by atoms with Crippen molar-refractivity contribution in [1.82, 2.24) is 41.1 Å². The van der Waals surface area contributed by atoms with E-state index in [0.29, 0.717) is 18.4 Å². The van der Waals surface area contributed by atoms with Gasteiger partial charge < -0.3 is 45.7 Å². The molecule has 0 unspecified atom stereocenters. The van der Waals surface area contributed by atoms with Crippen LogP contribution in [0.25, 0.3) is 11.1 Å². The molecule has 0 saturated carbocycles. The quantitative estimate of drug-likeness (QED) is 0.0162. The maximum atomic E-state index is 14.8. The predicted molar refractivity (Wildman–Crippen MR) is 370 cm³/mol. The summed E-state index contributed by atoms with van der Waals surface area (Å²) in [4.78, 5) is 114. The zero-order valence-corrected chi connectivity index (χ0v) is 59.2. The maximum Gasteiger partial charge on any atom is 0.410 e. The van der Waals surface area contributed by atoms with E-state index in [9.17, 15) is 46.8 Å². The lowest BCUT2D eigenvalue weighted by Gasteiger charge is -2.42. The molecular formula is C74H98N8O13S. The summed E-state index contributed by atoms with van der Waals surface area (Å²) in [6, 6.07) is 34.2. The van der Waals surface area contributed by atoms with E-state index >= 15 is 0 Å². The van der Waals surface area contributed by atoms with E-state index in [0.717, 1.165) is 33.4 Å². The zero-order chi connectivity index (χ0) is 71.1. The largest absolute Gasteiger partial charge is 0.449 e. The fourth-order valence-electron chi connectivity index (χ4n) is 11.5.